The van der Waals surface area contributed by atoms with Gasteiger partial charge in [-0.05, 0) is 57.8 Å². The van der Waals surface area contributed by atoms with E-state index in [2.05, 4.69) is 67.8 Å². The monoisotopic (exact) mass is 972 g/mol. The van der Waals surface area contributed by atoms with Gasteiger partial charge in [-0.2, -0.15) is 0 Å². The van der Waals surface area contributed by atoms with Crippen molar-refractivity contribution in [2.24, 2.45) is 0 Å². The average molecular weight is 973 g/mol. The second-order valence-corrected chi connectivity index (χ2v) is 20.1. The minimum atomic E-state index is -1.57. The molecule has 9 nitrogen and oxygen atoms in total. The van der Waals surface area contributed by atoms with E-state index in [0.29, 0.717) is 6.42 Å². The predicted molar refractivity (Wildman–Crippen MR) is 290 cm³/mol. The Morgan fingerprint density at radius 2 is 0.899 bits per heavy atom. The molecule has 7 unspecified atom stereocenters. The van der Waals surface area contributed by atoms with Gasteiger partial charge in [0, 0.05) is 6.42 Å². The van der Waals surface area contributed by atoms with Crippen LogP contribution < -0.4 is 5.32 Å². The maximum Gasteiger partial charge on any atom is 0.220 e. The quantitative estimate of drug-likeness (QED) is 0.0261. The Balaban J connectivity index is 2.15. The van der Waals surface area contributed by atoms with E-state index in [-0.39, 0.29) is 12.5 Å². The number of allylic oxidation sites excluding steroid dienone is 9. The van der Waals surface area contributed by atoms with E-state index in [9.17, 15) is 30.3 Å². The molecule has 1 fully saturated rings. The SMILES string of the molecule is CC/C=C\C/C=C\C/C=C\C/C=C\CCCCCCCCCCCCCCCCCCCCC(=O)NC(COC1OC(CO)C(O)C(O)C1O)C(O)/C=C/CCCCCCCCCCCCCCC. The molecule has 0 bridgehead atoms. The van der Waals surface area contributed by atoms with Crippen LogP contribution in [0.4, 0.5) is 0 Å². The molecule has 1 saturated heterocycles. The Hall–Kier alpha value is -2.11. The third-order valence-corrected chi connectivity index (χ3v) is 13.6. The molecule has 1 amide bonds. The Labute approximate surface area is 424 Å². The number of carbonyl (C=O) groups is 1. The first-order valence-electron chi connectivity index (χ1n) is 29.0. The van der Waals surface area contributed by atoms with Crippen molar-refractivity contribution in [3.63, 3.8) is 0 Å². The smallest absolute Gasteiger partial charge is 0.220 e. The van der Waals surface area contributed by atoms with Gasteiger partial charge >= 0.3 is 0 Å². The number of aliphatic hydroxyl groups is 5. The van der Waals surface area contributed by atoms with Crippen LogP contribution in [0.25, 0.3) is 0 Å². The Kier molecular flexibility index (Phi) is 46.5. The number of rotatable bonds is 49. The Morgan fingerprint density at radius 1 is 0.507 bits per heavy atom. The zero-order valence-electron chi connectivity index (χ0n) is 44.6. The molecular formula is C60H109NO8. The number of ether oxygens (including phenoxy) is 2. The summed E-state index contributed by atoms with van der Waals surface area (Å²) >= 11 is 0. The lowest BCUT2D eigenvalue weighted by atomic mass is 9.99. The summed E-state index contributed by atoms with van der Waals surface area (Å²) in [6.45, 7) is 3.68. The molecule has 0 aliphatic carbocycles. The summed E-state index contributed by atoms with van der Waals surface area (Å²) in [5, 5.41) is 54.5. The Morgan fingerprint density at radius 3 is 1.33 bits per heavy atom. The van der Waals surface area contributed by atoms with Gasteiger partial charge in [0.2, 0.25) is 5.91 Å². The highest BCUT2D eigenvalue weighted by Gasteiger charge is 2.44. The van der Waals surface area contributed by atoms with E-state index in [4.69, 9.17) is 9.47 Å². The lowest BCUT2D eigenvalue weighted by molar-refractivity contribution is -0.302. The topological polar surface area (TPSA) is 149 Å². The van der Waals surface area contributed by atoms with Gasteiger partial charge in [-0.15, -0.1) is 0 Å². The fraction of sp³-hybridized carbons (Fsp3) is 0.817. The van der Waals surface area contributed by atoms with E-state index in [1.807, 2.05) is 6.08 Å². The number of nitrogens with one attached hydrogen (secondary N) is 1. The lowest BCUT2D eigenvalue weighted by Crippen LogP contribution is -2.60. The number of hydrogen-bond acceptors (Lipinski definition) is 8. The summed E-state index contributed by atoms with van der Waals surface area (Å²) < 4.78 is 11.3. The number of hydrogen-bond donors (Lipinski definition) is 6. The Bertz CT molecular complexity index is 1270. The molecular weight excluding hydrogens is 863 g/mol. The first-order chi connectivity index (χ1) is 33.8. The second-order valence-electron chi connectivity index (χ2n) is 20.1. The predicted octanol–water partition coefficient (Wildman–Crippen LogP) is 14.3. The van der Waals surface area contributed by atoms with Crippen LogP contribution in [0.5, 0.6) is 0 Å². The van der Waals surface area contributed by atoms with Crippen LogP contribution >= 0.6 is 0 Å². The zero-order valence-corrected chi connectivity index (χ0v) is 44.6. The van der Waals surface area contributed by atoms with Crippen molar-refractivity contribution in [2.45, 2.75) is 301 Å². The molecule has 0 aromatic heterocycles. The van der Waals surface area contributed by atoms with Crippen molar-refractivity contribution in [3.8, 4) is 0 Å². The largest absolute Gasteiger partial charge is 0.394 e. The molecule has 1 aliphatic heterocycles. The van der Waals surface area contributed by atoms with Crippen LogP contribution in [0, 0.1) is 0 Å². The van der Waals surface area contributed by atoms with Gasteiger partial charge in [-0.3, -0.25) is 4.79 Å². The summed E-state index contributed by atoms with van der Waals surface area (Å²) in [4.78, 5) is 13.0. The first-order valence-corrected chi connectivity index (χ1v) is 29.0. The fourth-order valence-corrected chi connectivity index (χ4v) is 9.03. The minimum Gasteiger partial charge on any atom is -0.394 e. The maximum absolute atomic E-state index is 13.0. The van der Waals surface area contributed by atoms with Crippen molar-refractivity contribution in [1.29, 1.82) is 0 Å². The van der Waals surface area contributed by atoms with Gasteiger partial charge in [0.1, 0.15) is 24.4 Å². The van der Waals surface area contributed by atoms with E-state index >= 15 is 0 Å². The molecule has 402 valence electrons. The standard InChI is InChI=1S/C60H109NO8/c1-3-5-7-9-11-13-15-17-19-20-21-22-23-24-25-26-27-28-29-30-31-32-33-34-36-38-40-42-44-46-48-50-56(64)61-53(52-68-60-59(67)58(66)57(65)55(51-62)69-60)54(63)49-47-45-43-41-39-37-35-18-16-14-12-10-8-6-4-2/h5,7,11,13,17,19,21-22,47,49,53-55,57-60,62-63,65-67H,3-4,6,8-10,12,14-16,18,20,23-46,48,50-52H2,1-2H3,(H,61,64)/b7-5-,13-11-,19-17-,22-21-,49-47+. The number of carbonyl (C=O) groups excluding carboxylic acids is 1. The molecule has 9 heteroatoms. The lowest BCUT2D eigenvalue weighted by Gasteiger charge is -2.40. The first kappa shape index (κ1) is 64.9. The molecule has 1 rings (SSSR count). The van der Waals surface area contributed by atoms with Gasteiger partial charge in [0.25, 0.3) is 0 Å². The van der Waals surface area contributed by atoms with E-state index in [0.717, 1.165) is 64.2 Å². The molecule has 1 heterocycles. The maximum atomic E-state index is 13.0. The summed E-state index contributed by atoms with van der Waals surface area (Å²) in [7, 11) is 0. The number of amides is 1. The highest BCUT2D eigenvalue weighted by Crippen LogP contribution is 2.23. The molecule has 0 saturated carbocycles. The fourth-order valence-electron chi connectivity index (χ4n) is 9.03. The molecule has 0 aromatic rings. The van der Waals surface area contributed by atoms with Crippen molar-refractivity contribution >= 4 is 5.91 Å². The highest BCUT2D eigenvalue weighted by molar-refractivity contribution is 5.76. The summed E-state index contributed by atoms with van der Waals surface area (Å²) in [5.41, 5.74) is 0. The normalized spacial score (nSPS) is 19.9. The molecule has 0 spiro atoms. The van der Waals surface area contributed by atoms with Gasteiger partial charge in [-0.25, -0.2) is 0 Å². The third-order valence-electron chi connectivity index (χ3n) is 13.6. The number of unbranched alkanes of at least 4 members (excludes halogenated alkanes) is 31. The van der Waals surface area contributed by atoms with E-state index in [1.165, 1.54) is 173 Å². The highest BCUT2D eigenvalue weighted by atomic mass is 16.7. The second kappa shape index (κ2) is 49.5. The summed E-state index contributed by atoms with van der Waals surface area (Å²) in [6.07, 6.45) is 60.0. The summed E-state index contributed by atoms with van der Waals surface area (Å²) in [5.74, 6) is -0.175. The van der Waals surface area contributed by atoms with Crippen molar-refractivity contribution in [3.05, 3.63) is 60.8 Å². The van der Waals surface area contributed by atoms with Crippen LogP contribution in [-0.4, -0.2) is 87.5 Å². The average Bonchev–Trinajstić information content (AvgIpc) is 3.35. The van der Waals surface area contributed by atoms with E-state index < -0.39 is 49.5 Å². The van der Waals surface area contributed by atoms with Crippen LogP contribution in [0.15, 0.2) is 60.8 Å². The zero-order chi connectivity index (χ0) is 50.1. The van der Waals surface area contributed by atoms with Gasteiger partial charge in [0.15, 0.2) is 6.29 Å². The molecule has 69 heavy (non-hydrogen) atoms. The molecule has 0 aromatic carbocycles. The van der Waals surface area contributed by atoms with Crippen LogP contribution in [0.2, 0.25) is 0 Å². The van der Waals surface area contributed by atoms with Crippen LogP contribution in [0.1, 0.15) is 258 Å². The minimum absolute atomic E-state index is 0.175. The van der Waals surface area contributed by atoms with Crippen LogP contribution in [-0.2, 0) is 14.3 Å². The van der Waals surface area contributed by atoms with Crippen LogP contribution in [0.3, 0.4) is 0 Å². The number of aliphatic hydroxyl groups excluding tert-OH is 5. The van der Waals surface area contributed by atoms with Crippen molar-refractivity contribution in [1.82, 2.24) is 5.32 Å². The molecule has 6 N–H and O–H groups in total. The summed E-state index contributed by atoms with van der Waals surface area (Å²) in [6, 6.07) is -0.805. The van der Waals surface area contributed by atoms with Gasteiger partial charge < -0.3 is 40.3 Å². The molecule has 0 radical (unpaired) electrons. The van der Waals surface area contributed by atoms with Crippen molar-refractivity contribution in [2.75, 3.05) is 13.2 Å². The molecule has 1 aliphatic rings. The third kappa shape index (κ3) is 39.1. The van der Waals surface area contributed by atoms with Gasteiger partial charge in [0.05, 0.1) is 25.4 Å². The van der Waals surface area contributed by atoms with E-state index in [1.54, 1.807) is 6.08 Å². The molecule has 7 atom stereocenters. The van der Waals surface area contributed by atoms with Gasteiger partial charge in [-0.1, -0.05) is 254 Å². The van der Waals surface area contributed by atoms with Crippen molar-refractivity contribution < 1.29 is 39.8 Å².